The number of carbonyl (C=O) groups excluding carboxylic acids is 1. The Kier molecular flexibility index (Phi) is 3.37. The highest BCUT2D eigenvalue weighted by Gasteiger charge is 2.03. The van der Waals surface area contributed by atoms with E-state index in [4.69, 9.17) is 0 Å². The Labute approximate surface area is 102 Å². The van der Waals surface area contributed by atoms with Gasteiger partial charge in [-0.3, -0.25) is 4.79 Å². The fourth-order valence-electron chi connectivity index (χ4n) is 1.53. The van der Waals surface area contributed by atoms with Crippen molar-refractivity contribution in [2.45, 2.75) is 0 Å². The number of aldehydes is 1. The summed E-state index contributed by atoms with van der Waals surface area (Å²) in [5.41, 5.74) is 2.03. The summed E-state index contributed by atoms with van der Waals surface area (Å²) in [6.07, 6.45) is 6.01. The van der Waals surface area contributed by atoms with Crippen LogP contribution in [0.25, 0.3) is 11.8 Å². The van der Waals surface area contributed by atoms with Gasteiger partial charge < -0.3 is 4.57 Å². The van der Waals surface area contributed by atoms with E-state index in [0.717, 1.165) is 22.1 Å². The third-order valence-electron chi connectivity index (χ3n) is 2.24. The van der Waals surface area contributed by atoms with Gasteiger partial charge in [0.25, 0.3) is 0 Å². The molecule has 0 aliphatic heterocycles. The van der Waals surface area contributed by atoms with Crippen LogP contribution in [0.4, 0.5) is 0 Å². The summed E-state index contributed by atoms with van der Waals surface area (Å²) in [7, 11) is 0. The van der Waals surface area contributed by atoms with Crippen molar-refractivity contribution in [2.24, 2.45) is 0 Å². The molecule has 2 aromatic rings. The highest BCUT2D eigenvalue weighted by atomic mass is 79.9. The first kappa shape index (κ1) is 10.9. The molecule has 0 amide bonds. The van der Waals surface area contributed by atoms with E-state index < -0.39 is 0 Å². The van der Waals surface area contributed by atoms with Gasteiger partial charge in [-0.15, -0.1) is 0 Å². The zero-order chi connectivity index (χ0) is 11.4. The quantitative estimate of drug-likeness (QED) is 0.621. The second-order valence-electron chi connectivity index (χ2n) is 3.25. The van der Waals surface area contributed by atoms with E-state index in [2.05, 4.69) is 15.9 Å². The number of nitrogens with zero attached hydrogens (tertiary/aromatic N) is 1. The number of carbonyl (C=O) groups is 1. The lowest BCUT2D eigenvalue weighted by Gasteiger charge is -2.08. The number of aromatic nitrogens is 1. The third kappa shape index (κ3) is 2.14. The van der Waals surface area contributed by atoms with Gasteiger partial charge in [0.2, 0.25) is 0 Å². The van der Waals surface area contributed by atoms with E-state index in [-0.39, 0.29) is 0 Å². The first-order chi connectivity index (χ1) is 7.83. The molecular weight excluding hydrogens is 266 g/mol. The van der Waals surface area contributed by atoms with Crippen LogP contribution in [0.2, 0.25) is 0 Å². The number of hydrogen-bond acceptors (Lipinski definition) is 1. The van der Waals surface area contributed by atoms with E-state index >= 15 is 0 Å². The first-order valence-electron chi connectivity index (χ1n) is 4.87. The van der Waals surface area contributed by atoms with Crippen molar-refractivity contribution < 1.29 is 4.79 Å². The van der Waals surface area contributed by atoms with Crippen LogP contribution in [0.1, 0.15) is 5.69 Å². The van der Waals surface area contributed by atoms with Crippen LogP contribution < -0.4 is 0 Å². The molecule has 0 saturated heterocycles. The molecule has 2 rings (SSSR count). The summed E-state index contributed by atoms with van der Waals surface area (Å²) < 4.78 is 3.04. The second-order valence-corrected chi connectivity index (χ2v) is 4.10. The van der Waals surface area contributed by atoms with Crippen molar-refractivity contribution in [1.29, 1.82) is 0 Å². The minimum Gasteiger partial charge on any atom is -0.316 e. The molecule has 0 fully saturated rings. The topological polar surface area (TPSA) is 22.0 Å². The van der Waals surface area contributed by atoms with Gasteiger partial charge >= 0.3 is 0 Å². The predicted molar refractivity (Wildman–Crippen MR) is 68.6 cm³/mol. The van der Waals surface area contributed by atoms with Gasteiger partial charge in [-0.05, 0) is 52.3 Å². The van der Waals surface area contributed by atoms with Crippen molar-refractivity contribution in [3.63, 3.8) is 0 Å². The number of para-hydroxylation sites is 1. The summed E-state index contributed by atoms with van der Waals surface area (Å²) in [6.45, 7) is 0. The Bertz CT molecular complexity index is 528. The molecule has 16 heavy (non-hydrogen) atoms. The van der Waals surface area contributed by atoms with Gasteiger partial charge in [-0.1, -0.05) is 12.1 Å². The molecule has 0 bridgehead atoms. The molecule has 1 aromatic carbocycles. The number of hydrogen-bond donors (Lipinski definition) is 0. The first-order valence-corrected chi connectivity index (χ1v) is 5.66. The van der Waals surface area contributed by atoms with Gasteiger partial charge in [0.1, 0.15) is 6.29 Å². The molecule has 0 saturated carbocycles. The molecule has 0 aliphatic rings. The van der Waals surface area contributed by atoms with Crippen LogP contribution in [-0.4, -0.2) is 10.9 Å². The highest BCUT2D eigenvalue weighted by Crippen LogP contribution is 2.22. The van der Waals surface area contributed by atoms with Crippen molar-refractivity contribution >= 4 is 28.3 Å². The van der Waals surface area contributed by atoms with Crippen molar-refractivity contribution in [3.8, 4) is 5.69 Å². The van der Waals surface area contributed by atoms with Crippen LogP contribution in [0.15, 0.2) is 53.1 Å². The summed E-state index contributed by atoms with van der Waals surface area (Å²) in [4.78, 5) is 10.3. The zero-order valence-electron chi connectivity index (χ0n) is 8.51. The van der Waals surface area contributed by atoms with Crippen LogP contribution in [0, 0.1) is 0 Å². The average Bonchev–Trinajstić information content (AvgIpc) is 2.75. The van der Waals surface area contributed by atoms with Crippen molar-refractivity contribution in [1.82, 2.24) is 4.57 Å². The maximum Gasteiger partial charge on any atom is 0.142 e. The predicted octanol–water partition coefficient (Wildman–Crippen LogP) is 3.45. The molecule has 80 valence electrons. The lowest BCUT2D eigenvalue weighted by molar-refractivity contribution is -0.104. The monoisotopic (exact) mass is 275 g/mol. The molecule has 0 radical (unpaired) electrons. The van der Waals surface area contributed by atoms with Crippen LogP contribution in [0.5, 0.6) is 0 Å². The molecule has 1 heterocycles. The molecule has 1 aromatic heterocycles. The Hall–Kier alpha value is -1.61. The zero-order valence-corrected chi connectivity index (χ0v) is 10.1. The van der Waals surface area contributed by atoms with Crippen LogP contribution >= 0.6 is 15.9 Å². The molecule has 0 unspecified atom stereocenters. The smallest absolute Gasteiger partial charge is 0.142 e. The van der Waals surface area contributed by atoms with Gasteiger partial charge in [0, 0.05) is 16.4 Å². The minimum atomic E-state index is 0.775. The Morgan fingerprint density at radius 2 is 1.94 bits per heavy atom. The van der Waals surface area contributed by atoms with Gasteiger partial charge in [0.05, 0.1) is 5.69 Å². The third-order valence-corrected chi connectivity index (χ3v) is 2.91. The van der Waals surface area contributed by atoms with Crippen LogP contribution in [-0.2, 0) is 4.79 Å². The van der Waals surface area contributed by atoms with Crippen molar-refractivity contribution in [2.75, 3.05) is 0 Å². The Morgan fingerprint density at radius 1 is 1.12 bits per heavy atom. The fraction of sp³-hybridized carbons (Fsp3) is 0. The van der Waals surface area contributed by atoms with Gasteiger partial charge in [-0.25, -0.2) is 0 Å². The largest absolute Gasteiger partial charge is 0.316 e. The molecule has 0 N–H and O–H groups in total. The summed E-state index contributed by atoms with van der Waals surface area (Å²) in [6, 6.07) is 11.9. The lowest BCUT2D eigenvalue weighted by atomic mass is 10.3. The second kappa shape index (κ2) is 4.94. The van der Waals surface area contributed by atoms with E-state index in [1.54, 1.807) is 6.08 Å². The Morgan fingerprint density at radius 3 is 2.69 bits per heavy atom. The number of benzene rings is 1. The molecular formula is C13H10BrNO. The maximum absolute atomic E-state index is 10.3. The van der Waals surface area contributed by atoms with E-state index in [1.807, 2.05) is 47.2 Å². The summed E-state index contributed by atoms with van der Waals surface area (Å²) in [5, 5.41) is 0. The maximum atomic E-state index is 10.3. The number of halogens is 1. The number of rotatable bonds is 3. The summed E-state index contributed by atoms with van der Waals surface area (Å²) in [5.74, 6) is 0. The van der Waals surface area contributed by atoms with Crippen LogP contribution in [0.3, 0.4) is 0 Å². The molecule has 2 nitrogen and oxygen atoms in total. The van der Waals surface area contributed by atoms with E-state index in [0.29, 0.717) is 0 Å². The number of allylic oxidation sites excluding steroid dienone is 1. The van der Waals surface area contributed by atoms with Gasteiger partial charge in [-0.2, -0.15) is 0 Å². The molecule has 0 spiro atoms. The molecule has 3 heteroatoms. The SMILES string of the molecule is O=CC=Cc1cccn1-c1ccccc1Br. The lowest BCUT2D eigenvalue weighted by Crippen LogP contribution is -1.95. The Balaban J connectivity index is 2.49. The average molecular weight is 276 g/mol. The standard InChI is InChI=1S/C13H10BrNO/c14-12-7-1-2-8-13(12)15-9-3-5-11(15)6-4-10-16/h1-10H. The van der Waals surface area contributed by atoms with Gasteiger partial charge in [0.15, 0.2) is 0 Å². The normalized spacial score (nSPS) is 10.8. The van der Waals surface area contributed by atoms with E-state index in [9.17, 15) is 4.79 Å². The minimum absolute atomic E-state index is 0.775. The van der Waals surface area contributed by atoms with Crippen molar-refractivity contribution in [3.05, 3.63) is 58.8 Å². The molecule has 0 aliphatic carbocycles. The molecule has 0 atom stereocenters. The fourth-order valence-corrected chi connectivity index (χ4v) is 2.01. The highest BCUT2D eigenvalue weighted by molar-refractivity contribution is 9.10. The summed E-state index contributed by atoms with van der Waals surface area (Å²) >= 11 is 3.51. The van der Waals surface area contributed by atoms with E-state index in [1.165, 1.54) is 6.08 Å².